The maximum Gasteiger partial charge on any atom is 0.231 e. The SMILES string of the molecule is O=C(CCSc1nc(-c2ccccc2)cs1)Nc1ccc2c(c1)OCO2. The summed E-state index contributed by atoms with van der Waals surface area (Å²) in [6.07, 6.45) is 0.416. The molecule has 0 radical (unpaired) electrons. The third kappa shape index (κ3) is 4.00. The number of hydrogen-bond donors (Lipinski definition) is 1. The number of carbonyl (C=O) groups is 1. The number of ether oxygens (including phenoxy) is 2. The van der Waals surface area contributed by atoms with Gasteiger partial charge in [0.2, 0.25) is 12.7 Å². The summed E-state index contributed by atoms with van der Waals surface area (Å²) in [4.78, 5) is 16.7. The van der Waals surface area contributed by atoms with Gasteiger partial charge in [-0.2, -0.15) is 0 Å². The van der Waals surface area contributed by atoms with Crippen molar-refractivity contribution >= 4 is 34.7 Å². The van der Waals surface area contributed by atoms with Gasteiger partial charge in [0.05, 0.1) is 5.69 Å². The Hall–Kier alpha value is -2.51. The number of anilines is 1. The summed E-state index contributed by atoms with van der Waals surface area (Å²) < 4.78 is 11.5. The Morgan fingerprint density at radius 2 is 2.00 bits per heavy atom. The van der Waals surface area contributed by atoms with Crippen molar-refractivity contribution in [2.24, 2.45) is 0 Å². The van der Waals surface area contributed by atoms with Gasteiger partial charge in [-0.05, 0) is 12.1 Å². The second-order valence-corrected chi connectivity index (χ2v) is 7.78. The summed E-state index contributed by atoms with van der Waals surface area (Å²) in [6.45, 7) is 0.224. The van der Waals surface area contributed by atoms with Gasteiger partial charge in [0.15, 0.2) is 15.8 Å². The number of hydrogen-bond acceptors (Lipinski definition) is 6. The zero-order valence-corrected chi connectivity index (χ0v) is 15.4. The van der Waals surface area contributed by atoms with Crippen LogP contribution in [0.25, 0.3) is 11.3 Å². The number of thioether (sulfide) groups is 1. The fraction of sp³-hybridized carbons (Fsp3) is 0.158. The highest BCUT2D eigenvalue weighted by atomic mass is 32.2. The highest BCUT2D eigenvalue weighted by Gasteiger charge is 2.14. The van der Waals surface area contributed by atoms with E-state index in [0.717, 1.165) is 15.6 Å². The fourth-order valence-corrected chi connectivity index (χ4v) is 4.34. The second kappa shape index (κ2) is 7.80. The maximum atomic E-state index is 12.1. The molecule has 0 atom stereocenters. The summed E-state index contributed by atoms with van der Waals surface area (Å²) in [5.74, 6) is 2.01. The average molecular weight is 384 g/mol. The molecule has 0 spiro atoms. The molecule has 1 aliphatic rings. The lowest BCUT2D eigenvalue weighted by molar-refractivity contribution is -0.115. The molecule has 3 aromatic rings. The third-order valence-corrected chi connectivity index (χ3v) is 5.79. The Bertz CT molecular complexity index is 912. The van der Waals surface area contributed by atoms with Crippen LogP contribution in [0.1, 0.15) is 6.42 Å². The minimum Gasteiger partial charge on any atom is -0.454 e. The summed E-state index contributed by atoms with van der Waals surface area (Å²) in [6, 6.07) is 15.5. The van der Waals surface area contributed by atoms with Crippen LogP contribution in [0.2, 0.25) is 0 Å². The fourth-order valence-electron chi connectivity index (χ4n) is 2.49. The summed E-state index contributed by atoms with van der Waals surface area (Å²) in [5, 5.41) is 4.93. The number of thiazole rings is 1. The van der Waals surface area contributed by atoms with Gasteiger partial charge in [0, 0.05) is 34.9 Å². The van der Waals surface area contributed by atoms with Crippen LogP contribution in [-0.2, 0) is 4.79 Å². The van der Waals surface area contributed by atoms with Crippen LogP contribution in [0.4, 0.5) is 5.69 Å². The molecule has 0 bridgehead atoms. The van der Waals surface area contributed by atoms with Gasteiger partial charge in [-0.15, -0.1) is 11.3 Å². The number of benzene rings is 2. The predicted octanol–water partition coefficient (Wildman–Crippen LogP) is 4.66. The van der Waals surface area contributed by atoms with Gasteiger partial charge in [-0.1, -0.05) is 42.1 Å². The third-order valence-electron chi connectivity index (χ3n) is 3.76. The monoisotopic (exact) mass is 384 g/mol. The first-order valence-electron chi connectivity index (χ1n) is 8.11. The molecule has 26 heavy (non-hydrogen) atoms. The van der Waals surface area contributed by atoms with Gasteiger partial charge in [0.25, 0.3) is 0 Å². The van der Waals surface area contributed by atoms with E-state index < -0.39 is 0 Å². The van der Waals surface area contributed by atoms with Gasteiger partial charge in [0.1, 0.15) is 0 Å². The number of aromatic nitrogens is 1. The predicted molar refractivity (Wildman–Crippen MR) is 104 cm³/mol. The van der Waals surface area contributed by atoms with E-state index in [1.807, 2.05) is 41.8 Å². The summed E-state index contributed by atoms with van der Waals surface area (Å²) in [5.41, 5.74) is 2.80. The second-order valence-electron chi connectivity index (χ2n) is 5.58. The Morgan fingerprint density at radius 3 is 2.88 bits per heavy atom. The highest BCUT2D eigenvalue weighted by Crippen LogP contribution is 2.34. The molecule has 1 aliphatic heterocycles. The van der Waals surface area contributed by atoms with E-state index in [1.165, 1.54) is 0 Å². The van der Waals surface area contributed by atoms with Gasteiger partial charge in [-0.25, -0.2) is 4.98 Å². The van der Waals surface area contributed by atoms with Crippen molar-refractivity contribution in [1.29, 1.82) is 0 Å². The van der Waals surface area contributed by atoms with E-state index in [-0.39, 0.29) is 12.7 Å². The average Bonchev–Trinajstić information content (AvgIpc) is 3.31. The topological polar surface area (TPSA) is 60.5 Å². The van der Waals surface area contributed by atoms with Crippen molar-refractivity contribution in [3.05, 3.63) is 53.9 Å². The molecule has 1 amide bonds. The minimum absolute atomic E-state index is 0.0313. The Kier molecular flexibility index (Phi) is 5.08. The first-order chi connectivity index (χ1) is 12.8. The Balaban J connectivity index is 1.27. The molecule has 4 rings (SSSR count). The van der Waals surface area contributed by atoms with E-state index in [1.54, 1.807) is 35.2 Å². The Labute approximate surface area is 159 Å². The van der Waals surface area contributed by atoms with Crippen molar-refractivity contribution in [2.45, 2.75) is 10.8 Å². The lowest BCUT2D eigenvalue weighted by atomic mass is 10.2. The smallest absolute Gasteiger partial charge is 0.231 e. The number of nitrogens with one attached hydrogen (secondary N) is 1. The number of rotatable bonds is 6. The molecule has 0 aliphatic carbocycles. The molecule has 2 aromatic carbocycles. The zero-order chi connectivity index (χ0) is 17.8. The van der Waals surface area contributed by atoms with Crippen molar-refractivity contribution in [3.63, 3.8) is 0 Å². The standard InChI is InChI=1S/C19H16N2O3S2/c22-18(20-14-6-7-16-17(10-14)24-12-23-16)8-9-25-19-21-15(11-26-19)13-4-2-1-3-5-13/h1-7,10-11H,8-9,12H2,(H,20,22). The normalized spacial score (nSPS) is 12.2. The molecule has 7 heteroatoms. The lowest BCUT2D eigenvalue weighted by Crippen LogP contribution is -2.12. The summed E-state index contributed by atoms with van der Waals surface area (Å²) >= 11 is 3.20. The highest BCUT2D eigenvalue weighted by molar-refractivity contribution is 8.01. The van der Waals surface area contributed by atoms with E-state index in [9.17, 15) is 4.79 Å². The van der Waals surface area contributed by atoms with Gasteiger partial charge < -0.3 is 14.8 Å². The molecular weight excluding hydrogens is 368 g/mol. The molecule has 0 fully saturated rings. The molecule has 1 N–H and O–H groups in total. The quantitative estimate of drug-likeness (QED) is 0.627. The number of amides is 1. The van der Waals surface area contributed by atoms with E-state index >= 15 is 0 Å². The molecule has 0 unspecified atom stereocenters. The van der Waals surface area contributed by atoms with Crippen molar-refractivity contribution in [3.8, 4) is 22.8 Å². The van der Waals surface area contributed by atoms with Crippen molar-refractivity contribution < 1.29 is 14.3 Å². The first-order valence-corrected chi connectivity index (χ1v) is 9.98. The molecule has 5 nitrogen and oxygen atoms in total. The van der Waals surface area contributed by atoms with E-state index in [2.05, 4.69) is 10.3 Å². The van der Waals surface area contributed by atoms with Crippen LogP contribution in [0.5, 0.6) is 11.5 Å². The molecule has 132 valence electrons. The van der Waals surface area contributed by atoms with Crippen LogP contribution >= 0.6 is 23.1 Å². The van der Waals surface area contributed by atoms with Crippen LogP contribution < -0.4 is 14.8 Å². The molecule has 1 aromatic heterocycles. The van der Waals surface area contributed by atoms with Crippen molar-refractivity contribution in [2.75, 3.05) is 17.9 Å². The van der Waals surface area contributed by atoms with Crippen LogP contribution in [0.15, 0.2) is 58.3 Å². The molecule has 0 saturated carbocycles. The molecule has 2 heterocycles. The first kappa shape index (κ1) is 16.9. The lowest BCUT2D eigenvalue weighted by Gasteiger charge is -2.05. The largest absolute Gasteiger partial charge is 0.454 e. The van der Waals surface area contributed by atoms with Gasteiger partial charge >= 0.3 is 0 Å². The zero-order valence-electron chi connectivity index (χ0n) is 13.8. The van der Waals surface area contributed by atoms with Gasteiger partial charge in [-0.3, -0.25) is 4.79 Å². The molecule has 0 saturated heterocycles. The maximum absolute atomic E-state index is 12.1. The summed E-state index contributed by atoms with van der Waals surface area (Å²) in [7, 11) is 0. The van der Waals surface area contributed by atoms with E-state index in [0.29, 0.717) is 29.4 Å². The number of nitrogens with zero attached hydrogens (tertiary/aromatic N) is 1. The Morgan fingerprint density at radius 1 is 1.15 bits per heavy atom. The van der Waals surface area contributed by atoms with E-state index in [4.69, 9.17) is 9.47 Å². The number of fused-ring (bicyclic) bond motifs is 1. The van der Waals surface area contributed by atoms with Crippen molar-refractivity contribution in [1.82, 2.24) is 4.98 Å². The van der Waals surface area contributed by atoms with Crippen LogP contribution in [0.3, 0.4) is 0 Å². The molecular formula is C19H16N2O3S2. The minimum atomic E-state index is -0.0313. The van der Waals surface area contributed by atoms with Crippen LogP contribution in [0, 0.1) is 0 Å². The van der Waals surface area contributed by atoms with Crippen LogP contribution in [-0.4, -0.2) is 23.4 Å². The number of carbonyl (C=O) groups excluding carboxylic acids is 1.